The molecule has 4 heteroatoms. The Morgan fingerprint density at radius 1 is 1.47 bits per heavy atom. The molecule has 1 aromatic heterocycles. The number of nitrogens with zero attached hydrogens (tertiary/aromatic N) is 1. The van der Waals surface area contributed by atoms with Gasteiger partial charge < -0.3 is 16.0 Å². The van der Waals surface area contributed by atoms with Crippen LogP contribution in [0.5, 0.6) is 0 Å². The Morgan fingerprint density at radius 3 is 2.82 bits per heavy atom. The molecule has 2 rings (SSSR count). The van der Waals surface area contributed by atoms with Crippen LogP contribution in [-0.2, 0) is 0 Å². The molecule has 1 saturated heterocycles. The summed E-state index contributed by atoms with van der Waals surface area (Å²) in [5.74, 6) is 0.825. The summed E-state index contributed by atoms with van der Waals surface area (Å²) >= 11 is 1.81. The molecule has 17 heavy (non-hydrogen) atoms. The highest BCUT2D eigenvalue weighted by molar-refractivity contribution is 7.14. The molecule has 0 radical (unpaired) electrons. The van der Waals surface area contributed by atoms with Crippen LogP contribution in [0.25, 0.3) is 0 Å². The molecule has 0 saturated carbocycles. The van der Waals surface area contributed by atoms with Gasteiger partial charge >= 0.3 is 0 Å². The Kier molecular flexibility index (Phi) is 4.83. The van der Waals surface area contributed by atoms with Crippen molar-refractivity contribution >= 4 is 16.3 Å². The highest BCUT2D eigenvalue weighted by atomic mass is 32.1. The molecule has 1 fully saturated rings. The summed E-state index contributed by atoms with van der Waals surface area (Å²) in [5.41, 5.74) is 6.95. The molecule has 1 aliphatic heterocycles. The lowest BCUT2D eigenvalue weighted by atomic mass is 9.97. The summed E-state index contributed by atoms with van der Waals surface area (Å²) in [6.45, 7) is 7.57. The maximum Gasteiger partial charge on any atom is 0.0912 e. The van der Waals surface area contributed by atoms with Crippen molar-refractivity contribution in [3.05, 3.63) is 17.0 Å². The molecule has 0 amide bonds. The number of hydrogen-bond acceptors (Lipinski definition) is 4. The second-order valence-corrected chi connectivity index (χ2v) is 5.80. The van der Waals surface area contributed by atoms with Gasteiger partial charge in [-0.15, -0.1) is 11.3 Å². The number of aryl methyl sites for hydroxylation is 1. The van der Waals surface area contributed by atoms with Crippen molar-refractivity contribution in [3.8, 4) is 0 Å². The van der Waals surface area contributed by atoms with Crippen molar-refractivity contribution < 1.29 is 0 Å². The first kappa shape index (κ1) is 12.9. The first-order valence-electron chi connectivity index (χ1n) is 6.50. The molecule has 0 aromatic carbocycles. The maximum atomic E-state index is 5.58. The van der Waals surface area contributed by atoms with E-state index in [1.54, 1.807) is 0 Å². The number of nitrogens with two attached hydrogens (primary N) is 1. The van der Waals surface area contributed by atoms with E-state index >= 15 is 0 Å². The van der Waals surface area contributed by atoms with E-state index in [1.165, 1.54) is 36.5 Å². The van der Waals surface area contributed by atoms with Crippen LogP contribution < -0.4 is 11.1 Å². The molecule has 1 aromatic rings. The standard InChI is InChI=1S/C13H23N3S/c1-11-4-9-17-13(11)15-10-12-2-6-16(7-3-12)8-5-14/h4,9,12,15H,2-3,5-8,10,14H2,1H3. The summed E-state index contributed by atoms with van der Waals surface area (Å²) in [6, 6.07) is 2.18. The van der Waals surface area contributed by atoms with Crippen molar-refractivity contribution in [3.63, 3.8) is 0 Å². The van der Waals surface area contributed by atoms with Crippen LogP contribution >= 0.6 is 11.3 Å². The summed E-state index contributed by atoms with van der Waals surface area (Å²) in [5, 5.41) is 7.08. The minimum Gasteiger partial charge on any atom is -0.376 e. The Bertz CT molecular complexity index is 329. The van der Waals surface area contributed by atoms with Crippen molar-refractivity contribution in [2.75, 3.05) is 38.0 Å². The van der Waals surface area contributed by atoms with Gasteiger partial charge in [-0.05, 0) is 55.8 Å². The number of rotatable bonds is 5. The highest BCUT2D eigenvalue weighted by Gasteiger charge is 2.18. The van der Waals surface area contributed by atoms with Gasteiger partial charge in [-0.2, -0.15) is 0 Å². The monoisotopic (exact) mass is 253 g/mol. The molecule has 1 aliphatic rings. The first-order valence-corrected chi connectivity index (χ1v) is 7.38. The minimum absolute atomic E-state index is 0.789. The van der Waals surface area contributed by atoms with E-state index in [-0.39, 0.29) is 0 Å². The van der Waals surface area contributed by atoms with Crippen molar-refractivity contribution in [2.45, 2.75) is 19.8 Å². The lowest BCUT2D eigenvalue weighted by Crippen LogP contribution is -2.38. The molecule has 0 aliphatic carbocycles. The van der Waals surface area contributed by atoms with Gasteiger partial charge in [0.25, 0.3) is 0 Å². The Morgan fingerprint density at radius 2 is 2.24 bits per heavy atom. The largest absolute Gasteiger partial charge is 0.376 e. The predicted molar refractivity (Wildman–Crippen MR) is 75.8 cm³/mol. The summed E-state index contributed by atoms with van der Waals surface area (Å²) in [4.78, 5) is 2.48. The Labute approximate surface area is 108 Å². The van der Waals surface area contributed by atoms with Crippen LogP contribution in [0, 0.1) is 12.8 Å². The normalized spacial score (nSPS) is 18.5. The average molecular weight is 253 g/mol. The third-order valence-electron chi connectivity index (χ3n) is 3.57. The molecule has 0 unspecified atom stereocenters. The molecule has 96 valence electrons. The molecular formula is C13H23N3S. The zero-order chi connectivity index (χ0) is 12.1. The van der Waals surface area contributed by atoms with Gasteiger partial charge in [-0.3, -0.25) is 0 Å². The summed E-state index contributed by atoms with van der Waals surface area (Å²) < 4.78 is 0. The number of thiophene rings is 1. The van der Waals surface area contributed by atoms with Gasteiger partial charge in [-0.25, -0.2) is 0 Å². The quantitative estimate of drug-likeness (QED) is 0.845. The molecule has 0 spiro atoms. The zero-order valence-corrected chi connectivity index (χ0v) is 11.4. The van der Waals surface area contributed by atoms with Crippen molar-refractivity contribution in [1.29, 1.82) is 0 Å². The lowest BCUT2D eigenvalue weighted by Gasteiger charge is -2.31. The van der Waals surface area contributed by atoms with Gasteiger partial charge in [0.1, 0.15) is 0 Å². The summed E-state index contributed by atoms with van der Waals surface area (Å²) in [7, 11) is 0. The number of nitrogens with one attached hydrogen (secondary N) is 1. The molecule has 0 bridgehead atoms. The Hall–Kier alpha value is -0.580. The SMILES string of the molecule is Cc1ccsc1NCC1CCN(CCN)CC1. The van der Waals surface area contributed by atoms with E-state index in [0.29, 0.717) is 0 Å². The third-order valence-corrected chi connectivity index (χ3v) is 4.54. The van der Waals surface area contributed by atoms with E-state index < -0.39 is 0 Å². The van der Waals surface area contributed by atoms with Crippen LogP contribution in [0.1, 0.15) is 18.4 Å². The molecule has 3 N–H and O–H groups in total. The number of anilines is 1. The number of likely N-dealkylation sites (tertiary alicyclic amines) is 1. The number of piperidine rings is 1. The van der Waals surface area contributed by atoms with Crippen molar-refractivity contribution in [2.24, 2.45) is 11.7 Å². The van der Waals surface area contributed by atoms with Gasteiger partial charge in [0.2, 0.25) is 0 Å². The molecule has 3 nitrogen and oxygen atoms in total. The van der Waals surface area contributed by atoms with Crippen LogP contribution in [0.3, 0.4) is 0 Å². The van der Waals surface area contributed by atoms with E-state index in [4.69, 9.17) is 5.73 Å². The lowest BCUT2D eigenvalue weighted by molar-refractivity contribution is 0.194. The van der Waals surface area contributed by atoms with Gasteiger partial charge in [0.15, 0.2) is 0 Å². The summed E-state index contributed by atoms with van der Waals surface area (Å²) in [6.07, 6.45) is 2.61. The van der Waals surface area contributed by atoms with Crippen LogP contribution in [0.4, 0.5) is 5.00 Å². The maximum absolute atomic E-state index is 5.58. The molecular weight excluding hydrogens is 230 g/mol. The van der Waals surface area contributed by atoms with Crippen molar-refractivity contribution in [1.82, 2.24) is 4.90 Å². The topological polar surface area (TPSA) is 41.3 Å². The van der Waals surface area contributed by atoms with Gasteiger partial charge in [0.05, 0.1) is 5.00 Å². The highest BCUT2D eigenvalue weighted by Crippen LogP contribution is 2.24. The van der Waals surface area contributed by atoms with Crippen LogP contribution in [-0.4, -0.2) is 37.6 Å². The molecule has 2 heterocycles. The third kappa shape index (κ3) is 3.69. The predicted octanol–water partition coefficient (Wildman–Crippen LogP) is 2.14. The van der Waals surface area contributed by atoms with E-state index in [1.807, 2.05) is 11.3 Å². The van der Waals surface area contributed by atoms with E-state index in [2.05, 4.69) is 28.6 Å². The van der Waals surface area contributed by atoms with Gasteiger partial charge in [0, 0.05) is 19.6 Å². The second-order valence-electron chi connectivity index (χ2n) is 4.89. The molecule has 0 atom stereocenters. The zero-order valence-electron chi connectivity index (χ0n) is 10.6. The smallest absolute Gasteiger partial charge is 0.0912 e. The second kappa shape index (κ2) is 6.38. The fraction of sp³-hybridized carbons (Fsp3) is 0.692. The average Bonchev–Trinajstić information content (AvgIpc) is 2.75. The number of hydrogen-bond donors (Lipinski definition) is 2. The first-order chi connectivity index (χ1) is 8.29. The minimum atomic E-state index is 0.789. The van der Waals surface area contributed by atoms with Gasteiger partial charge in [-0.1, -0.05) is 0 Å². The Balaban J connectivity index is 1.70. The van der Waals surface area contributed by atoms with E-state index in [0.717, 1.165) is 25.6 Å². The van der Waals surface area contributed by atoms with E-state index in [9.17, 15) is 0 Å². The fourth-order valence-electron chi connectivity index (χ4n) is 2.39. The van der Waals surface area contributed by atoms with Crippen LogP contribution in [0.2, 0.25) is 0 Å². The fourth-order valence-corrected chi connectivity index (χ4v) is 3.22. The van der Waals surface area contributed by atoms with Crippen LogP contribution in [0.15, 0.2) is 11.4 Å².